The van der Waals surface area contributed by atoms with Crippen molar-refractivity contribution in [3.05, 3.63) is 0 Å². The molecule has 0 aromatic carbocycles. The minimum Gasteiger partial charge on any atom is -0.376 e. The van der Waals surface area contributed by atoms with Crippen molar-refractivity contribution < 1.29 is 23.7 Å². The van der Waals surface area contributed by atoms with Crippen molar-refractivity contribution in [2.24, 2.45) is 0 Å². The van der Waals surface area contributed by atoms with Crippen LogP contribution >= 0.6 is 0 Å². The van der Waals surface area contributed by atoms with Crippen molar-refractivity contribution in [3.8, 4) is 0 Å². The van der Waals surface area contributed by atoms with Crippen LogP contribution in [0.4, 0.5) is 0 Å². The van der Waals surface area contributed by atoms with E-state index in [4.69, 9.17) is 23.7 Å². The molecule has 3 heterocycles. The third-order valence-corrected chi connectivity index (χ3v) is 3.02. The summed E-state index contributed by atoms with van der Waals surface area (Å²) in [5.41, 5.74) is 0. The molecule has 0 saturated carbocycles. The first kappa shape index (κ1) is 9.99. The van der Waals surface area contributed by atoms with Crippen LogP contribution in [0.25, 0.3) is 0 Å². The Hall–Kier alpha value is -0.200. The summed E-state index contributed by atoms with van der Waals surface area (Å²) in [6.07, 6.45) is -0.459. The number of rotatable bonds is 2. The van der Waals surface area contributed by atoms with E-state index in [0.717, 1.165) is 6.61 Å². The van der Waals surface area contributed by atoms with Crippen LogP contribution in [0.5, 0.6) is 0 Å². The second-order valence-electron chi connectivity index (χ2n) is 4.64. The molecule has 5 nitrogen and oxygen atoms in total. The quantitative estimate of drug-likeness (QED) is 0.620. The lowest BCUT2D eigenvalue weighted by Crippen LogP contribution is -2.38. The van der Waals surface area contributed by atoms with Crippen LogP contribution < -0.4 is 0 Å². The molecule has 5 heteroatoms. The zero-order valence-corrected chi connectivity index (χ0v) is 9.14. The average molecular weight is 216 g/mol. The Morgan fingerprint density at radius 2 is 1.93 bits per heavy atom. The molecule has 0 aliphatic carbocycles. The van der Waals surface area contributed by atoms with Crippen molar-refractivity contribution in [1.29, 1.82) is 0 Å². The highest BCUT2D eigenvalue weighted by Gasteiger charge is 2.58. The maximum atomic E-state index is 5.76. The van der Waals surface area contributed by atoms with Gasteiger partial charge in [0.15, 0.2) is 12.1 Å². The van der Waals surface area contributed by atoms with E-state index in [1.165, 1.54) is 0 Å². The van der Waals surface area contributed by atoms with Crippen molar-refractivity contribution in [3.63, 3.8) is 0 Å². The maximum Gasteiger partial charge on any atom is 0.190 e. The van der Waals surface area contributed by atoms with Crippen molar-refractivity contribution in [1.82, 2.24) is 0 Å². The number of fused-ring (bicyclic) bond motifs is 1. The van der Waals surface area contributed by atoms with E-state index in [1.807, 2.05) is 13.8 Å². The van der Waals surface area contributed by atoms with E-state index in [0.29, 0.717) is 0 Å². The van der Waals surface area contributed by atoms with Crippen LogP contribution in [0.1, 0.15) is 13.8 Å². The smallest absolute Gasteiger partial charge is 0.190 e. The van der Waals surface area contributed by atoms with Crippen molar-refractivity contribution in [2.75, 3.05) is 13.7 Å². The predicted octanol–water partition coefficient (Wildman–Crippen LogP) is 0.277. The molecule has 3 fully saturated rings. The number of epoxide rings is 1. The largest absolute Gasteiger partial charge is 0.376 e. The van der Waals surface area contributed by atoms with Crippen LogP contribution in [-0.4, -0.2) is 50.2 Å². The lowest BCUT2D eigenvalue weighted by Gasteiger charge is -2.23. The molecular weight excluding hydrogens is 200 g/mol. The zero-order valence-electron chi connectivity index (χ0n) is 9.14. The first-order valence-corrected chi connectivity index (χ1v) is 5.26. The highest BCUT2D eigenvalue weighted by Crippen LogP contribution is 2.41. The van der Waals surface area contributed by atoms with E-state index in [1.54, 1.807) is 7.11 Å². The van der Waals surface area contributed by atoms with E-state index in [9.17, 15) is 0 Å². The van der Waals surface area contributed by atoms with Crippen LogP contribution in [0.15, 0.2) is 0 Å². The van der Waals surface area contributed by atoms with Gasteiger partial charge in [-0.15, -0.1) is 0 Å². The van der Waals surface area contributed by atoms with Gasteiger partial charge in [-0.1, -0.05) is 0 Å². The van der Waals surface area contributed by atoms with Gasteiger partial charge in [-0.25, -0.2) is 0 Å². The monoisotopic (exact) mass is 216 g/mol. The first-order chi connectivity index (χ1) is 7.11. The third-order valence-electron chi connectivity index (χ3n) is 3.02. The van der Waals surface area contributed by atoms with Gasteiger partial charge in [0.05, 0.1) is 6.61 Å². The summed E-state index contributed by atoms with van der Waals surface area (Å²) >= 11 is 0. The third kappa shape index (κ3) is 1.59. The van der Waals surface area contributed by atoms with E-state index in [2.05, 4.69) is 0 Å². The molecule has 1 unspecified atom stereocenters. The molecule has 3 aliphatic rings. The highest BCUT2D eigenvalue weighted by atomic mass is 16.8. The molecule has 3 aliphatic heterocycles. The van der Waals surface area contributed by atoms with Gasteiger partial charge in [0.2, 0.25) is 0 Å². The molecule has 5 atom stereocenters. The van der Waals surface area contributed by atoms with E-state index >= 15 is 0 Å². The zero-order chi connectivity index (χ0) is 10.6. The van der Waals surface area contributed by atoms with E-state index < -0.39 is 5.79 Å². The topological polar surface area (TPSA) is 49.5 Å². The van der Waals surface area contributed by atoms with Crippen LogP contribution in [-0.2, 0) is 23.7 Å². The van der Waals surface area contributed by atoms with Gasteiger partial charge in [0.25, 0.3) is 0 Å². The summed E-state index contributed by atoms with van der Waals surface area (Å²) in [5.74, 6) is -0.582. The van der Waals surface area contributed by atoms with Crippen molar-refractivity contribution in [2.45, 2.75) is 50.3 Å². The number of ether oxygens (including phenoxy) is 5. The Bertz CT molecular complexity index is 263. The van der Waals surface area contributed by atoms with Gasteiger partial charge in [-0.3, -0.25) is 0 Å². The molecule has 3 rings (SSSR count). The summed E-state index contributed by atoms with van der Waals surface area (Å²) in [6.45, 7) is 4.50. The van der Waals surface area contributed by atoms with Gasteiger partial charge in [0, 0.05) is 7.11 Å². The first-order valence-electron chi connectivity index (χ1n) is 5.26. The van der Waals surface area contributed by atoms with Crippen molar-refractivity contribution >= 4 is 0 Å². The van der Waals surface area contributed by atoms with Crippen LogP contribution in [0.3, 0.4) is 0 Å². The fourth-order valence-electron chi connectivity index (χ4n) is 2.32. The van der Waals surface area contributed by atoms with Gasteiger partial charge in [0.1, 0.15) is 24.4 Å². The number of hydrogen-bond donors (Lipinski definition) is 0. The molecule has 0 radical (unpaired) electrons. The maximum absolute atomic E-state index is 5.76. The summed E-state index contributed by atoms with van der Waals surface area (Å²) in [4.78, 5) is 0. The lowest BCUT2D eigenvalue weighted by atomic mass is 10.1. The molecule has 0 bridgehead atoms. The molecule has 0 aromatic heterocycles. The predicted molar refractivity (Wildman–Crippen MR) is 49.2 cm³/mol. The molecule has 15 heavy (non-hydrogen) atoms. The lowest BCUT2D eigenvalue weighted by molar-refractivity contribution is -0.218. The summed E-state index contributed by atoms with van der Waals surface area (Å²) in [5, 5.41) is 0. The fourth-order valence-corrected chi connectivity index (χ4v) is 2.32. The normalized spacial score (nSPS) is 51.8. The second kappa shape index (κ2) is 3.15. The average Bonchev–Trinajstić information content (AvgIpc) is 2.86. The molecule has 0 amide bonds. The molecular formula is C10H16O5. The molecule has 86 valence electrons. The Labute approximate surface area is 88.6 Å². The second-order valence-corrected chi connectivity index (χ2v) is 4.64. The van der Waals surface area contributed by atoms with Gasteiger partial charge < -0.3 is 23.7 Å². The van der Waals surface area contributed by atoms with Gasteiger partial charge >= 0.3 is 0 Å². The van der Waals surface area contributed by atoms with Gasteiger partial charge in [-0.05, 0) is 13.8 Å². The van der Waals surface area contributed by atoms with Crippen LogP contribution in [0, 0.1) is 0 Å². The number of hydrogen-bond acceptors (Lipinski definition) is 5. The Balaban J connectivity index is 1.76. The number of methoxy groups -OCH3 is 1. The van der Waals surface area contributed by atoms with Crippen LogP contribution in [0.2, 0.25) is 0 Å². The Morgan fingerprint density at radius 3 is 2.53 bits per heavy atom. The Kier molecular flexibility index (Phi) is 2.10. The van der Waals surface area contributed by atoms with E-state index in [-0.39, 0.29) is 30.7 Å². The van der Waals surface area contributed by atoms with Gasteiger partial charge in [-0.2, -0.15) is 0 Å². The fraction of sp³-hybridized carbons (Fsp3) is 1.00. The molecule has 3 saturated heterocycles. The summed E-state index contributed by atoms with van der Waals surface area (Å²) in [7, 11) is 1.67. The summed E-state index contributed by atoms with van der Waals surface area (Å²) in [6, 6.07) is 0. The summed E-state index contributed by atoms with van der Waals surface area (Å²) < 4.78 is 27.8. The highest BCUT2D eigenvalue weighted by molar-refractivity contribution is 4.99. The molecule has 0 spiro atoms. The standard InChI is InChI=1S/C10H16O5/c1-10(2)14-8-7(11-3)6(5-4-12-5)13-9(8)15-10/h5-9H,4H2,1-3H3/t5?,6-,7+,8-,9-/m1/s1. The minimum atomic E-state index is -0.582. The molecule has 0 aromatic rings. The molecule has 0 N–H and O–H groups in total. The SMILES string of the molecule is CO[C@@H]1[C@H]2OC(C)(C)O[C@H]2O[C@@H]1C1CO1. The Morgan fingerprint density at radius 1 is 1.20 bits per heavy atom. The minimum absolute atomic E-state index is 0.0545.